The second kappa shape index (κ2) is 4.01. The first-order chi connectivity index (χ1) is 7.97. The van der Waals surface area contributed by atoms with Gasteiger partial charge >= 0.3 is 5.97 Å². The van der Waals surface area contributed by atoms with E-state index in [1.54, 1.807) is 19.2 Å². The van der Waals surface area contributed by atoms with Gasteiger partial charge in [-0.3, -0.25) is 0 Å². The zero-order chi connectivity index (χ0) is 12.6. The van der Waals surface area contributed by atoms with E-state index in [0.717, 1.165) is 0 Å². The number of nitrogens with one attached hydrogen (secondary N) is 1. The molecule has 6 nitrogen and oxygen atoms in total. The summed E-state index contributed by atoms with van der Waals surface area (Å²) in [5, 5.41) is 0. The molecule has 1 aromatic rings. The number of nitrogens with zero attached hydrogens (tertiary/aromatic N) is 1. The van der Waals surface area contributed by atoms with E-state index in [2.05, 4.69) is 9.46 Å². The van der Waals surface area contributed by atoms with Crippen molar-refractivity contribution >= 4 is 22.1 Å². The molecule has 0 radical (unpaired) electrons. The quantitative estimate of drug-likeness (QED) is 0.724. The standard InChI is InChI=1S/C10H12N2O4S/c1-12-6-8-7(9(12)10(13)16-2)4-3-5-11-17(8,14)15/h3-4,6,11H,5H2,1-2H3. The van der Waals surface area contributed by atoms with Crippen molar-refractivity contribution in [3.05, 3.63) is 23.5 Å². The van der Waals surface area contributed by atoms with Gasteiger partial charge in [-0.05, 0) is 0 Å². The summed E-state index contributed by atoms with van der Waals surface area (Å²) in [7, 11) is -0.703. The maximum Gasteiger partial charge on any atom is 0.355 e. The number of carbonyl (C=O) groups is 1. The lowest BCUT2D eigenvalue weighted by atomic mass is 10.2. The van der Waals surface area contributed by atoms with Crippen molar-refractivity contribution in [1.82, 2.24) is 9.29 Å². The molecule has 1 N–H and O–H groups in total. The predicted molar refractivity (Wildman–Crippen MR) is 61.0 cm³/mol. The van der Waals surface area contributed by atoms with Gasteiger partial charge in [-0.2, -0.15) is 0 Å². The number of hydrogen-bond donors (Lipinski definition) is 1. The maximum absolute atomic E-state index is 11.9. The minimum atomic E-state index is -3.56. The van der Waals surface area contributed by atoms with Crippen LogP contribution in [0.4, 0.5) is 0 Å². The van der Waals surface area contributed by atoms with Gasteiger partial charge in [0.25, 0.3) is 0 Å². The van der Waals surface area contributed by atoms with Crippen molar-refractivity contribution < 1.29 is 17.9 Å². The van der Waals surface area contributed by atoms with Crippen LogP contribution in [0.5, 0.6) is 0 Å². The normalized spacial score (nSPS) is 17.3. The van der Waals surface area contributed by atoms with Crippen molar-refractivity contribution in [2.45, 2.75) is 4.90 Å². The van der Waals surface area contributed by atoms with Crippen LogP contribution >= 0.6 is 0 Å². The number of ether oxygens (including phenoxy) is 1. The van der Waals surface area contributed by atoms with E-state index in [4.69, 9.17) is 0 Å². The number of rotatable bonds is 1. The number of methoxy groups -OCH3 is 1. The van der Waals surface area contributed by atoms with E-state index in [9.17, 15) is 13.2 Å². The maximum atomic E-state index is 11.9. The Kier molecular flexibility index (Phi) is 2.80. The van der Waals surface area contributed by atoms with Crippen LogP contribution in [0, 0.1) is 0 Å². The lowest BCUT2D eigenvalue weighted by Crippen LogP contribution is -2.22. The van der Waals surface area contributed by atoms with E-state index in [1.165, 1.54) is 17.9 Å². The molecule has 0 spiro atoms. The van der Waals surface area contributed by atoms with Gasteiger partial charge in [-0.15, -0.1) is 0 Å². The summed E-state index contributed by atoms with van der Waals surface area (Å²) in [6.07, 6.45) is 4.66. The Labute approximate surface area is 98.9 Å². The largest absolute Gasteiger partial charge is 0.464 e. The van der Waals surface area contributed by atoms with Gasteiger partial charge in [-0.25, -0.2) is 17.9 Å². The Morgan fingerprint density at radius 3 is 2.88 bits per heavy atom. The van der Waals surface area contributed by atoms with Crippen LogP contribution in [-0.4, -0.2) is 32.6 Å². The smallest absolute Gasteiger partial charge is 0.355 e. The highest BCUT2D eigenvalue weighted by molar-refractivity contribution is 7.89. The van der Waals surface area contributed by atoms with Crippen molar-refractivity contribution in [3.63, 3.8) is 0 Å². The Balaban J connectivity index is 2.73. The van der Waals surface area contributed by atoms with E-state index >= 15 is 0 Å². The van der Waals surface area contributed by atoms with E-state index in [0.29, 0.717) is 5.56 Å². The van der Waals surface area contributed by atoms with Crippen LogP contribution in [0.25, 0.3) is 6.08 Å². The molecule has 0 saturated carbocycles. The summed E-state index contributed by atoms with van der Waals surface area (Å²) in [6, 6.07) is 0. The van der Waals surface area contributed by atoms with Crippen LogP contribution in [0.2, 0.25) is 0 Å². The number of aryl methyl sites for hydroxylation is 1. The third-order valence-corrected chi connectivity index (χ3v) is 3.98. The highest BCUT2D eigenvalue weighted by Crippen LogP contribution is 2.25. The third kappa shape index (κ3) is 1.87. The molecule has 1 aliphatic rings. The highest BCUT2D eigenvalue weighted by Gasteiger charge is 2.27. The molecule has 2 heterocycles. The molecule has 0 aliphatic carbocycles. The van der Waals surface area contributed by atoms with Gasteiger partial charge in [-0.1, -0.05) is 12.2 Å². The summed E-state index contributed by atoms with van der Waals surface area (Å²) in [5.74, 6) is -0.560. The molecule has 0 unspecified atom stereocenters. The number of esters is 1. The topological polar surface area (TPSA) is 77.4 Å². The van der Waals surface area contributed by atoms with Crippen molar-refractivity contribution in [2.75, 3.05) is 13.7 Å². The first-order valence-electron chi connectivity index (χ1n) is 4.91. The first kappa shape index (κ1) is 11.9. The molecule has 0 saturated heterocycles. The van der Waals surface area contributed by atoms with Crippen LogP contribution in [0.3, 0.4) is 0 Å². The monoisotopic (exact) mass is 256 g/mol. The number of hydrogen-bond acceptors (Lipinski definition) is 4. The molecule has 1 aliphatic heterocycles. The predicted octanol–water partition coefficient (Wildman–Crippen LogP) is 0.117. The number of fused-ring (bicyclic) bond motifs is 1. The number of carbonyl (C=O) groups excluding carboxylic acids is 1. The van der Waals surface area contributed by atoms with Gasteiger partial charge in [0, 0.05) is 25.4 Å². The van der Waals surface area contributed by atoms with E-state index in [1.807, 2.05) is 0 Å². The molecule has 0 aromatic carbocycles. The molecule has 0 atom stereocenters. The minimum absolute atomic E-state index is 0.0918. The number of sulfonamides is 1. The van der Waals surface area contributed by atoms with Crippen LogP contribution in [0.1, 0.15) is 16.1 Å². The summed E-state index contributed by atoms with van der Waals surface area (Å²) in [5.41, 5.74) is 0.593. The van der Waals surface area contributed by atoms with Gasteiger partial charge < -0.3 is 9.30 Å². The molecule has 0 fully saturated rings. The average Bonchev–Trinajstić information content (AvgIpc) is 2.54. The fourth-order valence-electron chi connectivity index (χ4n) is 1.75. The third-order valence-electron chi connectivity index (χ3n) is 2.53. The molecule has 7 heteroatoms. The van der Waals surface area contributed by atoms with Crippen LogP contribution < -0.4 is 4.72 Å². The zero-order valence-electron chi connectivity index (χ0n) is 9.43. The molecule has 0 amide bonds. The van der Waals surface area contributed by atoms with Crippen molar-refractivity contribution in [1.29, 1.82) is 0 Å². The average molecular weight is 256 g/mol. The Bertz CT molecular complexity index is 598. The lowest BCUT2D eigenvalue weighted by Gasteiger charge is -2.02. The summed E-state index contributed by atoms with van der Waals surface area (Å²) in [6.45, 7) is 0.210. The molecular weight excluding hydrogens is 244 g/mol. The molecule has 17 heavy (non-hydrogen) atoms. The molecule has 2 rings (SSSR count). The lowest BCUT2D eigenvalue weighted by molar-refractivity contribution is 0.0589. The second-order valence-electron chi connectivity index (χ2n) is 3.61. The summed E-state index contributed by atoms with van der Waals surface area (Å²) >= 11 is 0. The fourth-order valence-corrected chi connectivity index (χ4v) is 2.98. The van der Waals surface area contributed by atoms with Crippen molar-refractivity contribution in [3.8, 4) is 0 Å². The molecular formula is C10H12N2O4S. The molecule has 92 valence electrons. The molecule has 0 bridgehead atoms. The SMILES string of the molecule is COC(=O)c1c2c(cn1C)S(=O)(=O)NCC=C2. The van der Waals surface area contributed by atoms with Gasteiger partial charge in [0.1, 0.15) is 10.6 Å². The summed E-state index contributed by atoms with van der Waals surface area (Å²) in [4.78, 5) is 11.7. The molecule has 1 aromatic heterocycles. The van der Waals surface area contributed by atoms with E-state index in [-0.39, 0.29) is 17.1 Å². The first-order valence-corrected chi connectivity index (χ1v) is 6.39. The zero-order valence-corrected chi connectivity index (χ0v) is 10.2. The highest BCUT2D eigenvalue weighted by atomic mass is 32.2. The number of aromatic nitrogens is 1. The Morgan fingerprint density at radius 2 is 2.24 bits per heavy atom. The van der Waals surface area contributed by atoms with Gasteiger partial charge in [0.15, 0.2) is 0 Å². The van der Waals surface area contributed by atoms with E-state index < -0.39 is 16.0 Å². The van der Waals surface area contributed by atoms with Crippen molar-refractivity contribution in [2.24, 2.45) is 7.05 Å². The van der Waals surface area contributed by atoms with Crippen LogP contribution in [-0.2, 0) is 21.8 Å². The Morgan fingerprint density at radius 1 is 1.53 bits per heavy atom. The van der Waals surface area contributed by atoms with Gasteiger partial charge in [0.2, 0.25) is 10.0 Å². The second-order valence-corrected chi connectivity index (χ2v) is 5.35. The Hall–Kier alpha value is -1.60. The van der Waals surface area contributed by atoms with Gasteiger partial charge in [0.05, 0.1) is 7.11 Å². The summed E-state index contributed by atoms with van der Waals surface area (Å²) < 4.78 is 32.2. The minimum Gasteiger partial charge on any atom is -0.464 e. The fraction of sp³-hybridized carbons (Fsp3) is 0.300. The van der Waals surface area contributed by atoms with Crippen LogP contribution in [0.15, 0.2) is 17.2 Å².